The smallest absolute Gasteiger partial charge is 0.257 e. The fraction of sp³-hybridized carbons (Fsp3) is 0.250. The molecular formula is C20H19N3O2. The quantitative estimate of drug-likeness (QED) is 0.719. The summed E-state index contributed by atoms with van der Waals surface area (Å²) in [6.45, 7) is 1.38. The number of nitrogens with zero attached hydrogens (tertiary/aromatic N) is 3. The zero-order chi connectivity index (χ0) is 17.1. The molecule has 0 bridgehead atoms. The van der Waals surface area contributed by atoms with Gasteiger partial charge in [-0.25, -0.2) is 0 Å². The first-order valence-corrected chi connectivity index (χ1v) is 8.50. The van der Waals surface area contributed by atoms with Gasteiger partial charge < -0.3 is 9.42 Å². The molecular weight excluding hydrogens is 314 g/mol. The van der Waals surface area contributed by atoms with Crippen molar-refractivity contribution in [3.05, 3.63) is 72.1 Å². The van der Waals surface area contributed by atoms with Gasteiger partial charge in [-0.1, -0.05) is 53.7 Å². The lowest BCUT2D eigenvalue weighted by Crippen LogP contribution is -2.27. The Morgan fingerprint density at radius 2 is 1.76 bits per heavy atom. The van der Waals surface area contributed by atoms with Crippen molar-refractivity contribution in [3.8, 4) is 11.5 Å². The summed E-state index contributed by atoms with van der Waals surface area (Å²) in [4.78, 5) is 18.7. The minimum atomic E-state index is 0.00415. The maximum atomic E-state index is 12.3. The lowest BCUT2D eigenvalue weighted by molar-refractivity contribution is -0.127. The molecule has 1 aliphatic rings. The molecule has 1 aliphatic heterocycles. The fourth-order valence-corrected chi connectivity index (χ4v) is 3.17. The molecule has 1 unspecified atom stereocenters. The van der Waals surface area contributed by atoms with E-state index >= 15 is 0 Å². The Kier molecular flexibility index (Phi) is 4.29. The van der Waals surface area contributed by atoms with Crippen LogP contribution in [0.4, 0.5) is 0 Å². The average molecular weight is 333 g/mol. The summed E-state index contributed by atoms with van der Waals surface area (Å²) in [6, 6.07) is 19.9. The Hall–Kier alpha value is -2.95. The van der Waals surface area contributed by atoms with Gasteiger partial charge in [-0.05, 0) is 24.1 Å². The first-order valence-electron chi connectivity index (χ1n) is 8.50. The number of benzene rings is 2. The minimum absolute atomic E-state index is 0.00415. The third kappa shape index (κ3) is 3.45. The Morgan fingerprint density at radius 3 is 2.52 bits per heavy atom. The van der Waals surface area contributed by atoms with Crippen LogP contribution in [0.1, 0.15) is 23.7 Å². The van der Waals surface area contributed by atoms with E-state index in [1.807, 2.05) is 53.4 Å². The normalized spacial score (nSPS) is 17.2. The van der Waals surface area contributed by atoms with Gasteiger partial charge in [-0.15, -0.1) is 0 Å². The highest BCUT2D eigenvalue weighted by Gasteiger charge is 2.33. The van der Waals surface area contributed by atoms with Gasteiger partial charge in [0.1, 0.15) is 0 Å². The van der Waals surface area contributed by atoms with Crippen LogP contribution in [-0.2, 0) is 11.2 Å². The molecule has 0 saturated carbocycles. The minimum Gasteiger partial charge on any atom is -0.342 e. The molecule has 4 rings (SSSR count). The van der Waals surface area contributed by atoms with Crippen LogP contribution >= 0.6 is 0 Å². The highest BCUT2D eigenvalue weighted by atomic mass is 16.5. The van der Waals surface area contributed by atoms with Gasteiger partial charge in [0.2, 0.25) is 5.91 Å². The molecule has 1 atom stereocenters. The van der Waals surface area contributed by atoms with Crippen molar-refractivity contribution in [3.63, 3.8) is 0 Å². The summed E-state index contributed by atoms with van der Waals surface area (Å²) in [5.74, 6) is 1.29. The van der Waals surface area contributed by atoms with Crippen LogP contribution in [0.5, 0.6) is 0 Å². The van der Waals surface area contributed by atoms with Gasteiger partial charge in [0.25, 0.3) is 5.89 Å². The zero-order valence-corrected chi connectivity index (χ0v) is 13.8. The number of carbonyl (C=O) groups excluding carboxylic acids is 1. The number of hydrogen-bond donors (Lipinski definition) is 0. The summed E-state index contributed by atoms with van der Waals surface area (Å²) < 4.78 is 5.37. The molecule has 3 aromatic rings. The topological polar surface area (TPSA) is 59.2 Å². The van der Waals surface area contributed by atoms with E-state index in [4.69, 9.17) is 4.52 Å². The molecule has 0 radical (unpaired) electrons. The number of hydrogen-bond acceptors (Lipinski definition) is 4. The standard InChI is InChI=1S/C20H19N3O2/c24-18-13-17(14-23(18)12-11-15-7-3-1-4-8-15)19-21-20(25-22-19)16-9-5-2-6-10-16/h1-10,17H,11-14H2. The molecule has 1 aromatic heterocycles. The molecule has 5 nitrogen and oxygen atoms in total. The van der Waals surface area contributed by atoms with Crippen molar-refractivity contribution in [2.45, 2.75) is 18.8 Å². The average Bonchev–Trinajstić information content (AvgIpc) is 3.29. The third-order valence-electron chi connectivity index (χ3n) is 4.56. The first-order chi connectivity index (χ1) is 12.3. The van der Waals surface area contributed by atoms with E-state index in [9.17, 15) is 4.79 Å². The van der Waals surface area contributed by atoms with Crippen LogP contribution in [-0.4, -0.2) is 34.0 Å². The lowest BCUT2D eigenvalue weighted by Gasteiger charge is -2.15. The third-order valence-corrected chi connectivity index (χ3v) is 4.56. The van der Waals surface area contributed by atoms with Gasteiger partial charge in [0.15, 0.2) is 5.82 Å². The van der Waals surface area contributed by atoms with Gasteiger partial charge in [0, 0.05) is 31.0 Å². The molecule has 5 heteroatoms. The molecule has 0 spiro atoms. The van der Waals surface area contributed by atoms with Crippen molar-refractivity contribution >= 4 is 5.91 Å². The largest absolute Gasteiger partial charge is 0.342 e. The fourth-order valence-electron chi connectivity index (χ4n) is 3.17. The van der Waals surface area contributed by atoms with Gasteiger partial charge in [-0.3, -0.25) is 4.79 Å². The van der Waals surface area contributed by atoms with Crippen molar-refractivity contribution in [1.82, 2.24) is 15.0 Å². The second kappa shape index (κ2) is 6.89. The Balaban J connectivity index is 1.41. The van der Waals surface area contributed by atoms with E-state index in [1.165, 1.54) is 5.56 Å². The molecule has 126 valence electrons. The first kappa shape index (κ1) is 15.6. The van der Waals surface area contributed by atoms with Crippen LogP contribution in [0.15, 0.2) is 65.2 Å². The van der Waals surface area contributed by atoms with E-state index in [0.29, 0.717) is 24.7 Å². The SMILES string of the molecule is O=C1CC(c2noc(-c3ccccc3)n2)CN1CCc1ccccc1. The summed E-state index contributed by atoms with van der Waals surface area (Å²) in [7, 11) is 0. The number of aromatic nitrogens is 2. The van der Waals surface area contributed by atoms with Crippen LogP contribution in [0.2, 0.25) is 0 Å². The van der Waals surface area contributed by atoms with Crippen molar-refractivity contribution in [1.29, 1.82) is 0 Å². The molecule has 2 aromatic carbocycles. The predicted octanol–water partition coefficient (Wildman–Crippen LogP) is 3.30. The van der Waals surface area contributed by atoms with E-state index in [0.717, 1.165) is 18.5 Å². The van der Waals surface area contributed by atoms with Crippen molar-refractivity contribution in [2.75, 3.05) is 13.1 Å². The van der Waals surface area contributed by atoms with Crippen LogP contribution in [0.3, 0.4) is 0 Å². The Labute approximate surface area is 146 Å². The summed E-state index contributed by atoms with van der Waals surface area (Å²) in [5.41, 5.74) is 2.14. The second-order valence-corrected chi connectivity index (χ2v) is 6.30. The summed E-state index contributed by atoms with van der Waals surface area (Å²) in [6.07, 6.45) is 1.31. The van der Waals surface area contributed by atoms with Gasteiger partial charge in [-0.2, -0.15) is 4.98 Å². The van der Waals surface area contributed by atoms with Gasteiger partial charge in [0.05, 0.1) is 0 Å². The molecule has 2 heterocycles. The molecule has 1 saturated heterocycles. The van der Waals surface area contributed by atoms with E-state index < -0.39 is 0 Å². The number of likely N-dealkylation sites (tertiary alicyclic amines) is 1. The lowest BCUT2D eigenvalue weighted by atomic mass is 10.1. The van der Waals surface area contributed by atoms with E-state index in [1.54, 1.807) is 0 Å². The molecule has 1 fully saturated rings. The molecule has 0 N–H and O–H groups in total. The Bertz CT molecular complexity index is 846. The predicted molar refractivity (Wildman–Crippen MR) is 93.8 cm³/mol. The van der Waals surface area contributed by atoms with E-state index in [2.05, 4.69) is 22.3 Å². The van der Waals surface area contributed by atoms with Crippen LogP contribution in [0.25, 0.3) is 11.5 Å². The highest BCUT2D eigenvalue weighted by molar-refractivity contribution is 5.79. The molecule has 1 amide bonds. The summed E-state index contributed by atoms with van der Waals surface area (Å²) in [5, 5.41) is 4.10. The maximum Gasteiger partial charge on any atom is 0.257 e. The maximum absolute atomic E-state index is 12.3. The highest BCUT2D eigenvalue weighted by Crippen LogP contribution is 2.28. The Morgan fingerprint density at radius 1 is 1.04 bits per heavy atom. The van der Waals surface area contributed by atoms with Crippen LogP contribution < -0.4 is 0 Å². The van der Waals surface area contributed by atoms with E-state index in [-0.39, 0.29) is 11.8 Å². The van der Waals surface area contributed by atoms with Crippen LogP contribution in [0, 0.1) is 0 Å². The zero-order valence-electron chi connectivity index (χ0n) is 13.8. The number of carbonyl (C=O) groups is 1. The number of amides is 1. The van der Waals surface area contributed by atoms with Crippen molar-refractivity contribution < 1.29 is 9.32 Å². The van der Waals surface area contributed by atoms with Crippen molar-refractivity contribution in [2.24, 2.45) is 0 Å². The summed E-state index contributed by atoms with van der Waals surface area (Å²) >= 11 is 0. The monoisotopic (exact) mass is 333 g/mol. The van der Waals surface area contributed by atoms with Gasteiger partial charge >= 0.3 is 0 Å². The second-order valence-electron chi connectivity index (χ2n) is 6.30. The molecule has 0 aliphatic carbocycles. The number of rotatable bonds is 5. The molecule has 25 heavy (non-hydrogen) atoms.